The summed E-state index contributed by atoms with van der Waals surface area (Å²) in [6.45, 7) is 1.06. The number of ether oxygens (including phenoxy) is 2. The molecule has 224 valence electrons. The van der Waals surface area contributed by atoms with Gasteiger partial charge in [0, 0.05) is 40.8 Å². The minimum absolute atomic E-state index is 0.0351. The number of amides is 1. The Morgan fingerprint density at radius 2 is 1.86 bits per heavy atom. The second-order valence-electron chi connectivity index (χ2n) is 10.4. The minimum Gasteiger partial charge on any atom is -0.497 e. The van der Waals surface area contributed by atoms with E-state index in [2.05, 4.69) is 15.2 Å². The molecule has 0 saturated carbocycles. The number of nitrogens with zero attached hydrogens (tertiary/aromatic N) is 3. The van der Waals surface area contributed by atoms with Crippen LogP contribution in [-0.2, 0) is 26.9 Å². The van der Waals surface area contributed by atoms with Gasteiger partial charge in [-0.3, -0.25) is 9.69 Å². The summed E-state index contributed by atoms with van der Waals surface area (Å²) in [5.41, 5.74) is 0.603. The van der Waals surface area contributed by atoms with Crippen LogP contribution in [0, 0.1) is 0 Å². The van der Waals surface area contributed by atoms with E-state index in [0.29, 0.717) is 40.7 Å². The smallest absolute Gasteiger partial charge is 0.271 e. The molecule has 3 aromatic carbocycles. The van der Waals surface area contributed by atoms with Crippen LogP contribution in [0.2, 0.25) is 5.02 Å². The number of likely N-dealkylation sites (tertiary alicyclic amines) is 1. The summed E-state index contributed by atoms with van der Waals surface area (Å²) in [4.78, 5) is 22.0. The third-order valence-electron chi connectivity index (χ3n) is 8.11. The zero-order chi connectivity index (χ0) is 30.4. The number of thiazole rings is 1. The van der Waals surface area contributed by atoms with E-state index < -0.39 is 21.5 Å². The summed E-state index contributed by atoms with van der Waals surface area (Å²) >= 11 is 8.15. The summed E-state index contributed by atoms with van der Waals surface area (Å²) in [6, 6.07) is 16.4. The van der Waals surface area contributed by atoms with Gasteiger partial charge in [0.05, 0.1) is 30.8 Å². The summed E-state index contributed by atoms with van der Waals surface area (Å²) in [5, 5.41) is 6.32. The average molecular weight is 639 g/mol. The highest BCUT2D eigenvalue weighted by atomic mass is 35.5. The molecule has 2 atom stereocenters. The second kappa shape index (κ2) is 11.5. The fourth-order valence-corrected chi connectivity index (χ4v) is 8.72. The Labute approximate surface area is 260 Å². The molecule has 1 amide bonds. The number of hydrogen-bond acceptors (Lipinski definition) is 9. The van der Waals surface area contributed by atoms with E-state index in [1.165, 1.54) is 30.6 Å². The lowest BCUT2D eigenvalue weighted by Crippen LogP contribution is -2.54. The van der Waals surface area contributed by atoms with E-state index in [1.807, 2.05) is 30.6 Å². The number of rotatable bonds is 9. The van der Waals surface area contributed by atoms with Crippen molar-refractivity contribution in [2.75, 3.05) is 32.1 Å². The molecule has 1 saturated heterocycles. The lowest BCUT2D eigenvalue weighted by atomic mass is 9.80. The minimum atomic E-state index is -4.37. The first-order valence-corrected chi connectivity index (χ1v) is 16.5. The van der Waals surface area contributed by atoms with E-state index in [0.717, 1.165) is 27.7 Å². The molecule has 0 bridgehead atoms. The van der Waals surface area contributed by atoms with Crippen molar-refractivity contribution >= 4 is 44.6 Å². The first kappa shape index (κ1) is 29.6. The Morgan fingerprint density at radius 1 is 1.07 bits per heavy atom. The molecule has 2 aliphatic heterocycles. The number of benzene rings is 3. The Hall–Kier alpha value is -3.48. The molecule has 3 heterocycles. The van der Waals surface area contributed by atoms with Crippen LogP contribution in [0.5, 0.6) is 11.5 Å². The maximum Gasteiger partial charge on any atom is 0.271 e. The van der Waals surface area contributed by atoms with Gasteiger partial charge in [-0.1, -0.05) is 17.7 Å². The number of aromatic nitrogens is 1. The Bertz CT molecular complexity index is 1770. The van der Waals surface area contributed by atoms with Gasteiger partial charge >= 0.3 is 0 Å². The van der Waals surface area contributed by atoms with Crippen molar-refractivity contribution in [1.82, 2.24) is 15.2 Å². The van der Waals surface area contributed by atoms with E-state index in [9.17, 15) is 8.42 Å². The van der Waals surface area contributed by atoms with Crippen molar-refractivity contribution in [3.8, 4) is 11.5 Å². The third kappa shape index (κ3) is 4.70. The topological polar surface area (TPSA) is 101 Å². The molecule has 0 aliphatic carbocycles. The fourth-order valence-electron chi connectivity index (χ4n) is 6.31. The number of nitrogens with one attached hydrogen (secondary N) is 1. The van der Waals surface area contributed by atoms with E-state index >= 15 is 4.79 Å². The van der Waals surface area contributed by atoms with Crippen molar-refractivity contribution in [2.24, 2.45) is 0 Å². The van der Waals surface area contributed by atoms with Crippen LogP contribution in [0.15, 0.2) is 77.1 Å². The summed E-state index contributed by atoms with van der Waals surface area (Å²) in [6.07, 6.45) is 3.29. The average Bonchev–Trinajstić information content (AvgIpc) is 3.76. The first-order valence-electron chi connectivity index (χ1n) is 13.8. The monoisotopic (exact) mass is 638 g/mol. The van der Waals surface area contributed by atoms with Crippen LogP contribution in [0.1, 0.15) is 40.6 Å². The Morgan fingerprint density at radius 3 is 2.53 bits per heavy atom. The van der Waals surface area contributed by atoms with E-state index in [4.69, 9.17) is 21.1 Å². The number of carbonyl (C=O) groups excluding carboxylic acids is 1. The van der Waals surface area contributed by atoms with Gasteiger partial charge in [0.25, 0.3) is 15.9 Å². The standard InChI is InChI=1S/C31H31ClN4O5S2/c1-33-19-20-6-13-28(41-3)25(17-20)31(35-15-4-5-27(35)29-34-14-16-42-29)24-18-21(32)7-12-26(24)36(30(31)37)43(38,39)23-10-8-22(40-2)9-11-23/h6-14,16-18,27,33H,4-5,15,19H2,1-3H3. The van der Waals surface area contributed by atoms with Crippen molar-refractivity contribution in [3.63, 3.8) is 0 Å². The van der Waals surface area contributed by atoms with Crippen LogP contribution >= 0.6 is 22.9 Å². The van der Waals surface area contributed by atoms with Gasteiger partial charge in [-0.15, -0.1) is 11.3 Å². The predicted octanol–water partition coefficient (Wildman–Crippen LogP) is 5.35. The second-order valence-corrected chi connectivity index (χ2v) is 13.6. The van der Waals surface area contributed by atoms with Crippen LogP contribution in [0.25, 0.3) is 0 Å². The van der Waals surface area contributed by atoms with Gasteiger partial charge in [-0.25, -0.2) is 17.7 Å². The van der Waals surface area contributed by atoms with E-state index in [-0.39, 0.29) is 16.6 Å². The largest absolute Gasteiger partial charge is 0.497 e. The zero-order valence-electron chi connectivity index (χ0n) is 23.9. The number of hydrogen-bond donors (Lipinski definition) is 1. The zero-order valence-corrected chi connectivity index (χ0v) is 26.3. The molecule has 9 nitrogen and oxygen atoms in total. The molecular weight excluding hydrogens is 608 g/mol. The molecule has 1 fully saturated rings. The van der Waals surface area contributed by atoms with E-state index in [1.54, 1.807) is 43.6 Å². The van der Waals surface area contributed by atoms with Gasteiger partial charge in [0.1, 0.15) is 16.5 Å². The molecule has 1 aromatic heterocycles. The van der Waals surface area contributed by atoms with Crippen LogP contribution in [0.3, 0.4) is 0 Å². The normalized spacial score (nSPS) is 20.4. The summed E-state index contributed by atoms with van der Waals surface area (Å²) in [7, 11) is 0.537. The van der Waals surface area contributed by atoms with Gasteiger partial charge in [0.2, 0.25) is 0 Å². The number of sulfonamides is 1. The van der Waals surface area contributed by atoms with Crippen molar-refractivity contribution < 1.29 is 22.7 Å². The number of methoxy groups -OCH3 is 2. The Kier molecular flexibility index (Phi) is 7.95. The first-order chi connectivity index (χ1) is 20.8. The molecule has 4 aromatic rings. The number of fused-ring (bicyclic) bond motifs is 1. The third-order valence-corrected chi connectivity index (χ3v) is 10.9. The number of anilines is 1. The quantitative estimate of drug-likeness (QED) is 0.262. The van der Waals surface area contributed by atoms with Crippen LogP contribution < -0.4 is 19.1 Å². The molecule has 0 spiro atoms. The highest BCUT2D eigenvalue weighted by Crippen LogP contribution is 2.57. The molecule has 12 heteroatoms. The molecule has 1 N–H and O–H groups in total. The van der Waals surface area contributed by atoms with Crippen LogP contribution in [-0.4, -0.2) is 52.0 Å². The number of halogens is 1. The molecule has 6 rings (SSSR count). The van der Waals surface area contributed by atoms with Crippen LogP contribution in [0.4, 0.5) is 5.69 Å². The maximum atomic E-state index is 15.3. The summed E-state index contributed by atoms with van der Waals surface area (Å²) < 4.78 is 40.9. The van der Waals surface area contributed by atoms with Gasteiger partial charge in [-0.05, 0) is 80.1 Å². The number of carbonyl (C=O) groups is 1. The van der Waals surface area contributed by atoms with Gasteiger partial charge in [0.15, 0.2) is 5.54 Å². The summed E-state index contributed by atoms with van der Waals surface area (Å²) in [5.74, 6) is 0.347. The van der Waals surface area contributed by atoms with Gasteiger partial charge < -0.3 is 14.8 Å². The lowest BCUT2D eigenvalue weighted by Gasteiger charge is -2.41. The molecule has 43 heavy (non-hydrogen) atoms. The highest BCUT2D eigenvalue weighted by molar-refractivity contribution is 7.93. The molecular formula is C31H31ClN4O5S2. The predicted molar refractivity (Wildman–Crippen MR) is 166 cm³/mol. The van der Waals surface area contributed by atoms with Crippen molar-refractivity contribution in [1.29, 1.82) is 0 Å². The Balaban J connectivity index is 1.67. The SMILES string of the molecule is CNCc1ccc(OC)c(C2(N3CCCC3c3nccs3)C(=O)N(S(=O)(=O)c3ccc(OC)cc3)c3ccc(Cl)cc32)c1. The maximum absolute atomic E-state index is 15.3. The van der Waals surface area contributed by atoms with Crippen molar-refractivity contribution in [3.05, 3.63) is 99.0 Å². The lowest BCUT2D eigenvalue weighted by molar-refractivity contribution is -0.127. The van der Waals surface area contributed by atoms with Gasteiger partial charge in [-0.2, -0.15) is 0 Å². The van der Waals surface area contributed by atoms with Crippen molar-refractivity contribution in [2.45, 2.75) is 35.9 Å². The molecule has 2 unspecified atom stereocenters. The fraction of sp³-hybridized carbons (Fsp3) is 0.290. The highest BCUT2D eigenvalue weighted by Gasteiger charge is 2.62. The molecule has 2 aliphatic rings. The molecule has 0 radical (unpaired) electrons.